The number of hydrogen-bond donors (Lipinski definition) is 2. The summed E-state index contributed by atoms with van der Waals surface area (Å²) in [6.07, 6.45) is 2.02. The molecule has 0 saturated carbocycles. The fraction of sp³-hybridized carbons (Fsp3) is 0.750. The van der Waals surface area contributed by atoms with Crippen LogP contribution < -0.4 is 10.6 Å². The third-order valence-corrected chi connectivity index (χ3v) is 3.22. The van der Waals surface area contributed by atoms with Crippen molar-refractivity contribution in [2.75, 3.05) is 32.0 Å². The summed E-state index contributed by atoms with van der Waals surface area (Å²) in [7, 11) is 1.91. The van der Waals surface area contributed by atoms with Crippen molar-refractivity contribution in [1.82, 2.24) is 19.8 Å². The summed E-state index contributed by atoms with van der Waals surface area (Å²) in [5.41, 5.74) is 0.907. The Balaban J connectivity index is 2.41. The van der Waals surface area contributed by atoms with E-state index in [1.54, 1.807) is 0 Å². The standard InChI is InChI=1S/C12H23N5OS/c1-4-6-13-11(18)9-17(3)8-10-12(14-7-5-2)19-16-15-10/h14H,4-9H2,1-3H3,(H,13,18). The molecule has 1 rings (SSSR count). The van der Waals surface area contributed by atoms with Gasteiger partial charge < -0.3 is 10.6 Å². The first-order valence-corrected chi connectivity index (χ1v) is 7.45. The van der Waals surface area contributed by atoms with Crippen molar-refractivity contribution in [2.45, 2.75) is 33.2 Å². The number of carbonyl (C=O) groups excluding carboxylic acids is 1. The summed E-state index contributed by atoms with van der Waals surface area (Å²) in [5.74, 6) is 0.0515. The lowest BCUT2D eigenvalue weighted by atomic mass is 10.4. The minimum Gasteiger partial charge on any atom is -0.374 e. The highest BCUT2D eigenvalue weighted by Gasteiger charge is 2.12. The third-order valence-electron chi connectivity index (χ3n) is 2.50. The van der Waals surface area contributed by atoms with Gasteiger partial charge in [0.2, 0.25) is 5.91 Å². The van der Waals surface area contributed by atoms with E-state index in [1.807, 2.05) is 18.9 Å². The fourth-order valence-electron chi connectivity index (χ4n) is 1.56. The smallest absolute Gasteiger partial charge is 0.234 e. The molecule has 19 heavy (non-hydrogen) atoms. The molecule has 0 bridgehead atoms. The van der Waals surface area contributed by atoms with E-state index in [1.165, 1.54) is 11.5 Å². The largest absolute Gasteiger partial charge is 0.374 e. The molecule has 0 unspecified atom stereocenters. The first kappa shape index (κ1) is 15.8. The molecule has 0 fully saturated rings. The zero-order valence-electron chi connectivity index (χ0n) is 11.9. The molecule has 7 heteroatoms. The van der Waals surface area contributed by atoms with Gasteiger partial charge >= 0.3 is 0 Å². The molecule has 1 aromatic rings. The van der Waals surface area contributed by atoms with Gasteiger partial charge in [-0.15, -0.1) is 5.10 Å². The van der Waals surface area contributed by atoms with Crippen molar-refractivity contribution in [3.05, 3.63) is 5.69 Å². The molecule has 0 aliphatic rings. The van der Waals surface area contributed by atoms with Crippen LogP contribution in [0.1, 0.15) is 32.4 Å². The topological polar surface area (TPSA) is 70.2 Å². The highest BCUT2D eigenvalue weighted by molar-refractivity contribution is 7.10. The van der Waals surface area contributed by atoms with Gasteiger partial charge in [-0.25, -0.2) is 0 Å². The third kappa shape index (κ3) is 5.98. The maximum Gasteiger partial charge on any atom is 0.234 e. The lowest BCUT2D eigenvalue weighted by molar-refractivity contribution is -0.122. The second-order valence-corrected chi connectivity index (χ2v) is 5.25. The van der Waals surface area contributed by atoms with Crippen molar-refractivity contribution in [3.63, 3.8) is 0 Å². The fourth-order valence-corrected chi connectivity index (χ4v) is 2.16. The van der Waals surface area contributed by atoms with Crippen LogP contribution in [0.5, 0.6) is 0 Å². The molecule has 0 saturated heterocycles. The average Bonchev–Trinajstić information content (AvgIpc) is 2.81. The molecule has 0 radical (unpaired) electrons. The summed E-state index contributed by atoms with van der Waals surface area (Å²) >= 11 is 1.36. The van der Waals surface area contributed by atoms with E-state index in [0.717, 1.165) is 36.6 Å². The van der Waals surface area contributed by atoms with E-state index in [0.29, 0.717) is 13.1 Å². The van der Waals surface area contributed by atoms with Crippen molar-refractivity contribution < 1.29 is 4.79 Å². The van der Waals surface area contributed by atoms with Gasteiger partial charge in [0.15, 0.2) is 0 Å². The van der Waals surface area contributed by atoms with E-state index in [-0.39, 0.29) is 5.91 Å². The summed E-state index contributed by atoms with van der Waals surface area (Å²) in [6, 6.07) is 0. The molecule has 0 spiro atoms. The molecule has 1 heterocycles. The SMILES string of the molecule is CCCNC(=O)CN(C)Cc1nnsc1NCCC. The van der Waals surface area contributed by atoms with Gasteiger partial charge in [-0.1, -0.05) is 18.3 Å². The molecule has 1 amide bonds. The predicted molar refractivity (Wildman–Crippen MR) is 78.3 cm³/mol. The summed E-state index contributed by atoms with van der Waals surface area (Å²) in [6.45, 7) is 6.81. The zero-order valence-corrected chi connectivity index (χ0v) is 12.7. The van der Waals surface area contributed by atoms with Crippen LogP contribution in [0.4, 0.5) is 5.00 Å². The van der Waals surface area contributed by atoms with Gasteiger partial charge in [-0.2, -0.15) is 0 Å². The Hall–Kier alpha value is -1.21. The molecular formula is C12H23N5OS. The van der Waals surface area contributed by atoms with Crippen LogP contribution in [0.15, 0.2) is 0 Å². The minimum absolute atomic E-state index is 0.0515. The first-order valence-electron chi connectivity index (χ1n) is 6.67. The molecule has 0 aliphatic carbocycles. The number of rotatable bonds is 9. The normalized spacial score (nSPS) is 10.7. The van der Waals surface area contributed by atoms with E-state index < -0.39 is 0 Å². The predicted octanol–water partition coefficient (Wildman–Crippen LogP) is 1.32. The van der Waals surface area contributed by atoms with Crippen molar-refractivity contribution in [2.24, 2.45) is 0 Å². The maximum absolute atomic E-state index is 11.6. The van der Waals surface area contributed by atoms with E-state index >= 15 is 0 Å². The van der Waals surface area contributed by atoms with Crippen LogP contribution in [0.25, 0.3) is 0 Å². The lowest BCUT2D eigenvalue weighted by Crippen LogP contribution is -2.35. The van der Waals surface area contributed by atoms with Crippen molar-refractivity contribution >= 4 is 22.4 Å². The highest BCUT2D eigenvalue weighted by atomic mass is 32.1. The molecule has 1 aromatic heterocycles. The number of hydrogen-bond acceptors (Lipinski definition) is 6. The Bertz CT molecular complexity index is 382. The maximum atomic E-state index is 11.6. The molecule has 0 atom stereocenters. The van der Waals surface area contributed by atoms with E-state index in [9.17, 15) is 4.79 Å². The number of nitrogens with zero attached hydrogens (tertiary/aromatic N) is 3. The molecule has 2 N–H and O–H groups in total. The van der Waals surface area contributed by atoms with Crippen molar-refractivity contribution in [1.29, 1.82) is 0 Å². The Morgan fingerprint density at radius 1 is 1.32 bits per heavy atom. The zero-order chi connectivity index (χ0) is 14.1. The molecule has 6 nitrogen and oxygen atoms in total. The number of likely N-dealkylation sites (N-methyl/N-ethyl adjacent to an activating group) is 1. The van der Waals surface area contributed by atoms with Crippen LogP contribution in [0.2, 0.25) is 0 Å². The van der Waals surface area contributed by atoms with Gasteiger partial charge in [0.25, 0.3) is 0 Å². The van der Waals surface area contributed by atoms with E-state index in [4.69, 9.17) is 0 Å². The summed E-state index contributed by atoms with van der Waals surface area (Å²) < 4.78 is 3.96. The molecule has 0 aromatic carbocycles. The second kappa shape index (κ2) is 8.82. The number of amides is 1. The molecule has 108 valence electrons. The van der Waals surface area contributed by atoms with Crippen LogP contribution in [0, 0.1) is 0 Å². The highest BCUT2D eigenvalue weighted by Crippen LogP contribution is 2.18. The Morgan fingerprint density at radius 2 is 2.05 bits per heavy atom. The number of aromatic nitrogens is 2. The average molecular weight is 285 g/mol. The number of nitrogens with one attached hydrogen (secondary N) is 2. The van der Waals surface area contributed by atoms with Crippen LogP contribution in [-0.2, 0) is 11.3 Å². The summed E-state index contributed by atoms with van der Waals surface area (Å²) in [5, 5.41) is 11.3. The van der Waals surface area contributed by atoms with Crippen molar-refractivity contribution in [3.8, 4) is 0 Å². The molecule has 0 aliphatic heterocycles. The monoisotopic (exact) mass is 285 g/mol. The number of anilines is 1. The minimum atomic E-state index is 0.0515. The number of carbonyl (C=O) groups is 1. The Morgan fingerprint density at radius 3 is 2.74 bits per heavy atom. The van der Waals surface area contributed by atoms with Crippen LogP contribution >= 0.6 is 11.5 Å². The lowest BCUT2D eigenvalue weighted by Gasteiger charge is -2.15. The second-order valence-electron chi connectivity index (χ2n) is 4.50. The van der Waals surface area contributed by atoms with Crippen LogP contribution in [-0.4, -0.2) is 47.1 Å². The Kier molecular flexibility index (Phi) is 7.35. The van der Waals surface area contributed by atoms with Gasteiger partial charge in [-0.05, 0) is 19.9 Å². The quantitative estimate of drug-likeness (QED) is 0.716. The summed E-state index contributed by atoms with van der Waals surface area (Å²) in [4.78, 5) is 13.5. The van der Waals surface area contributed by atoms with Crippen LogP contribution in [0.3, 0.4) is 0 Å². The van der Waals surface area contributed by atoms with Gasteiger partial charge in [0, 0.05) is 31.2 Å². The first-order chi connectivity index (χ1) is 9.17. The van der Waals surface area contributed by atoms with Gasteiger partial charge in [-0.3, -0.25) is 9.69 Å². The molecular weight excluding hydrogens is 262 g/mol. The van der Waals surface area contributed by atoms with Gasteiger partial charge in [0.1, 0.15) is 10.7 Å². The van der Waals surface area contributed by atoms with Gasteiger partial charge in [0.05, 0.1) is 6.54 Å². The van der Waals surface area contributed by atoms with E-state index in [2.05, 4.69) is 27.1 Å². The Labute approximate surface area is 118 Å².